The molecule has 0 aromatic carbocycles. The van der Waals surface area contributed by atoms with Crippen LogP contribution in [0.15, 0.2) is 23.3 Å². The molecular weight excluding hydrogens is 491 g/mol. The molecule has 1 unspecified atom stereocenters. The molecule has 2 rings (SSSR count). The van der Waals surface area contributed by atoms with Crippen LogP contribution in [0.1, 0.15) is 18.9 Å². The number of hydrogen-bond acceptors (Lipinski definition) is 6. The van der Waals surface area contributed by atoms with E-state index in [0.29, 0.717) is 18.9 Å². The lowest BCUT2D eigenvalue weighted by atomic mass is 10.2. The van der Waals surface area contributed by atoms with Crippen LogP contribution in [0, 0.1) is 0 Å². The summed E-state index contributed by atoms with van der Waals surface area (Å²) in [6, 6.07) is 4.12. The monoisotopic (exact) mass is 524 g/mol. The molecule has 1 saturated heterocycles. The highest BCUT2D eigenvalue weighted by Gasteiger charge is 2.15. The van der Waals surface area contributed by atoms with Crippen molar-refractivity contribution in [1.29, 1.82) is 0 Å². The lowest BCUT2D eigenvalue weighted by molar-refractivity contribution is 0.312. The Hall–Kier alpha value is -1.14. The molecule has 2 N–H and O–H groups in total. The standard InChI is InChI=1S/C18H32N6O2S.HI/c1-15(6-12-27(4,25)26)22-18(19-2)21-14-16-5-7-20-17(13-16)24-10-8-23(3)9-11-24;/h5,7,13,15H,6,8-12,14H2,1-4H3,(H2,19,21,22);1H. The highest BCUT2D eigenvalue weighted by Crippen LogP contribution is 2.14. The van der Waals surface area contributed by atoms with Crippen LogP contribution in [0.2, 0.25) is 0 Å². The lowest BCUT2D eigenvalue weighted by Crippen LogP contribution is -2.45. The average molecular weight is 524 g/mol. The van der Waals surface area contributed by atoms with Crippen molar-refractivity contribution >= 4 is 45.6 Å². The Morgan fingerprint density at radius 2 is 2.00 bits per heavy atom. The molecule has 1 fully saturated rings. The third-order valence-electron chi connectivity index (χ3n) is 4.63. The van der Waals surface area contributed by atoms with Crippen LogP contribution >= 0.6 is 24.0 Å². The van der Waals surface area contributed by atoms with Crippen molar-refractivity contribution in [2.75, 3.05) is 57.2 Å². The van der Waals surface area contributed by atoms with E-state index in [-0.39, 0.29) is 35.8 Å². The van der Waals surface area contributed by atoms with E-state index in [9.17, 15) is 8.42 Å². The van der Waals surface area contributed by atoms with E-state index < -0.39 is 9.84 Å². The van der Waals surface area contributed by atoms with Gasteiger partial charge in [0.25, 0.3) is 0 Å². The first-order valence-corrected chi connectivity index (χ1v) is 11.4. The highest BCUT2D eigenvalue weighted by atomic mass is 127. The number of pyridine rings is 1. The Balaban J connectivity index is 0.00000392. The third-order valence-corrected chi connectivity index (χ3v) is 5.60. The van der Waals surface area contributed by atoms with Crippen molar-refractivity contribution in [3.8, 4) is 0 Å². The highest BCUT2D eigenvalue weighted by molar-refractivity contribution is 14.0. The number of hydrogen-bond donors (Lipinski definition) is 2. The number of anilines is 1. The maximum atomic E-state index is 11.3. The molecule has 0 radical (unpaired) electrons. The SMILES string of the molecule is CN=C(NCc1ccnc(N2CCN(C)CC2)c1)NC(C)CCS(C)(=O)=O.I. The summed E-state index contributed by atoms with van der Waals surface area (Å²) in [5, 5.41) is 6.52. The summed E-state index contributed by atoms with van der Waals surface area (Å²) in [4.78, 5) is 13.4. The molecule has 1 aromatic rings. The zero-order valence-corrected chi connectivity index (χ0v) is 20.3. The van der Waals surface area contributed by atoms with E-state index in [2.05, 4.69) is 43.5 Å². The van der Waals surface area contributed by atoms with Crippen molar-refractivity contribution in [3.63, 3.8) is 0 Å². The second kappa shape index (κ2) is 11.8. The van der Waals surface area contributed by atoms with Crippen molar-refractivity contribution in [3.05, 3.63) is 23.9 Å². The second-order valence-electron chi connectivity index (χ2n) is 7.20. The zero-order chi connectivity index (χ0) is 19.9. The number of aliphatic imine (C=N–C) groups is 1. The maximum absolute atomic E-state index is 11.3. The average Bonchev–Trinajstić information content (AvgIpc) is 2.63. The van der Waals surface area contributed by atoms with Gasteiger partial charge in [0.2, 0.25) is 0 Å². The van der Waals surface area contributed by atoms with Gasteiger partial charge in [-0.2, -0.15) is 0 Å². The molecule has 0 amide bonds. The summed E-state index contributed by atoms with van der Waals surface area (Å²) >= 11 is 0. The number of likely N-dealkylation sites (N-methyl/N-ethyl adjacent to an activating group) is 1. The fraction of sp³-hybridized carbons (Fsp3) is 0.667. The van der Waals surface area contributed by atoms with Gasteiger partial charge in [0.15, 0.2) is 5.96 Å². The molecule has 28 heavy (non-hydrogen) atoms. The number of aromatic nitrogens is 1. The van der Waals surface area contributed by atoms with Gasteiger partial charge >= 0.3 is 0 Å². The van der Waals surface area contributed by atoms with Gasteiger partial charge in [-0.1, -0.05) is 0 Å². The van der Waals surface area contributed by atoms with Crippen molar-refractivity contribution < 1.29 is 8.42 Å². The van der Waals surface area contributed by atoms with Crippen LogP contribution in [0.5, 0.6) is 0 Å². The van der Waals surface area contributed by atoms with E-state index in [1.54, 1.807) is 7.05 Å². The quantitative estimate of drug-likeness (QED) is 0.312. The van der Waals surface area contributed by atoms with Crippen LogP contribution < -0.4 is 15.5 Å². The molecule has 1 aliphatic heterocycles. The van der Waals surface area contributed by atoms with Crippen LogP contribution in [0.4, 0.5) is 5.82 Å². The van der Waals surface area contributed by atoms with Crippen molar-refractivity contribution in [2.24, 2.45) is 4.99 Å². The maximum Gasteiger partial charge on any atom is 0.191 e. The second-order valence-corrected chi connectivity index (χ2v) is 9.46. The number of guanidine groups is 1. The Kier molecular flexibility index (Phi) is 10.5. The lowest BCUT2D eigenvalue weighted by Gasteiger charge is -2.33. The van der Waals surface area contributed by atoms with Gasteiger partial charge in [0.1, 0.15) is 15.7 Å². The van der Waals surface area contributed by atoms with E-state index in [4.69, 9.17) is 0 Å². The first-order chi connectivity index (χ1) is 12.8. The fourth-order valence-electron chi connectivity index (χ4n) is 2.86. The van der Waals surface area contributed by atoms with Gasteiger partial charge < -0.3 is 20.4 Å². The third kappa shape index (κ3) is 8.91. The molecule has 0 spiro atoms. The molecule has 8 nitrogen and oxygen atoms in total. The van der Waals surface area contributed by atoms with E-state index in [1.807, 2.05) is 19.2 Å². The van der Waals surface area contributed by atoms with Gasteiger partial charge in [-0.25, -0.2) is 13.4 Å². The normalized spacial score (nSPS) is 17.0. The summed E-state index contributed by atoms with van der Waals surface area (Å²) in [6.07, 6.45) is 3.64. The summed E-state index contributed by atoms with van der Waals surface area (Å²) in [7, 11) is 0.898. The fourth-order valence-corrected chi connectivity index (χ4v) is 3.64. The van der Waals surface area contributed by atoms with Gasteiger partial charge in [0, 0.05) is 58.3 Å². The molecule has 2 heterocycles. The Bertz CT molecular complexity index is 735. The molecule has 0 bridgehead atoms. The molecule has 0 saturated carbocycles. The number of nitrogens with zero attached hydrogens (tertiary/aromatic N) is 4. The number of rotatable bonds is 7. The molecular formula is C18H33IN6O2S. The predicted molar refractivity (Wildman–Crippen MR) is 126 cm³/mol. The summed E-state index contributed by atoms with van der Waals surface area (Å²) < 4.78 is 22.6. The molecule has 0 aliphatic carbocycles. The minimum atomic E-state index is -2.95. The van der Waals surface area contributed by atoms with Gasteiger partial charge in [-0.3, -0.25) is 4.99 Å². The van der Waals surface area contributed by atoms with Crippen LogP contribution in [-0.2, 0) is 16.4 Å². The zero-order valence-electron chi connectivity index (χ0n) is 17.2. The Morgan fingerprint density at radius 1 is 1.32 bits per heavy atom. The molecule has 1 aromatic heterocycles. The first kappa shape index (κ1) is 24.9. The first-order valence-electron chi connectivity index (χ1n) is 9.30. The number of sulfone groups is 1. The van der Waals surface area contributed by atoms with E-state index >= 15 is 0 Å². The van der Waals surface area contributed by atoms with Crippen molar-refractivity contribution in [2.45, 2.75) is 25.9 Å². The Morgan fingerprint density at radius 3 is 2.61 bits per heavy atom. The smallest absolute Gasteiger partial charge is 0.191 e. The van der Waals surface area contributed by atoms with Gasteiger partial charge in [0.05, 0.1) is 5.75 Å². The van der Waals surface area contributed by atoms with Gasteiger partial charge in [-0.15, -0.1) is 24.0 Å². The molecule has 10 heteroatoms. The molecule has 160 valence electrons. The van der Waals surface area contributed by atoms with Crippen LogP contribution in [0.3, 0.4) is 0 Å². The largest absolute Gasteiger partial charge is 0.354 e. The minimum Gasteiger partial charge on any atom is -0.354 e. The van der Waals surface area contributed by atoms with Gasteiger partial charge in [-0.05, 0) is 38.1 Å². The number of piperazine rings is 1. The number of halogens is 1. The number of nitrogens with one attached hydrogen (secondary N) is 2. The van der Waals surface area contributed by atoms with Crippen LogP contribution in [0.25, 0.3) is 0 Å². The van der Waals surface area contributed by atoms with E-state index in [1.165, 1.54) is 6.26 Å². The topological polar surface area (TPSA) is 89.9 Å². The Labute approximate surface area is 186 Å². The summed E-state index contributed by atoms with van der Waals surface area (Å²) in [5.41, 5.74) is 1.13. The minimum absolute atomic E-state index is 0. The summed E-state index contributed by atoms with van der Waals surface area (Å²) in [6.45, 7) is 6.65. The van der Waals surface area contributed by atoms with Crippen LogP contribution in [-0.4, -0.2) is 82.6 Å². The summed E-state index contributed by atoms with van der Waals surface area (Å²) in [5.74, 6) is 1.83. The predicted octanol–water partition coefficient (Wildman–Crippen LogP) is 0.940. The molecule has 1 atom stereocenters. The van der Waals surface area contributed by atoms with Crippen molar-refractivity contribution in [1.82, 2.24) is 20.5 Å². The van der Waals surface area contributed by atoms with E-state index in [0.717, 1.165) is 37.6 Å². The molecule has 1 aliphatic rings.